The molecule has 0 aliphatic carbocycles. The second-order valence-electron chi connectivity index (χ2n) is 4.97. The summed E-state index contributed by atoms with van der Waals surface area (Å²) in [4.78, 5) is 0. The minimum Gasteiger partial charge on any atom is -0.330 e. The van der Waals surface area contributed by atoms with E-state index in [1.807, 2.05) is 36.4 Å². The van der Waals surface area contributed by atoms with Crippen molar-refractivity contribution in [1.29, 1.82) is 5.26 Å². The van der Waals surface area contributed by atoms with Crippen molar-refractivity contribution >= 4 is 33.9 Å². The summed E-state index contributed by atoms with van der Waals surface area (Å²) in [6.45, 7) is 2.06. The summed E-state index contributed by atoms with van der Waals surface area (Å²) in [6, 6.07) is 17.9. The number of nitrogens with zero attached hydrogens (tertiary/aromatic N) is 3. The van der Waals surface area contributed by atoms with Crippen LogP contribution < -0.4 is 5.32 Å². The zero-order valence-corrected chi connectivity index (χ0v) is 14.1. The smallest absolute Gasteiger partial charge is 0.210 e. The molecule has 0 atom stereocenters. The van der Waals surface area contributed by atoms with Gasteiger partial charge in [-0.1, -0.05) is 47.4 Å². The third-order valence-electron chi connectivity index (χ3n) is 3.12. The van der Waals surface area contributed by atoms with Crippen molar-refractivity contribution < 1.29 is 0 Å². The Morgan fingerprint density at radius 2 is 2.00 bits per heavy atom. The highest BCUT2D eigenvalue weighted by molar-refractivity contribution is 8.00. The molecule has 0 saturated heterocycles. The molecule has 0 radical (unpaired) electrons. The van der Waals surface area contributed by atoms with Gasteiger partial charge in [0.15, 0.2) is 4.34 Å². The van der Waals surface area contributed by atoms with Crippen molar-refractivity contribution in [2.24, 2.45) is 0 Å². The molecule has 1 heterocycles. The number of nitrogens with one attached hydrogen (secondary N) is 1. The third-order valence-corrected chi connectivity index (χ3v) is 5.16. The van der Waals surface area contributed by atoms with Crippen LogP contribution in [-0.4, -0.2) is 10.2 Å². The number of anilines is 2. The molecule has 2 aromatic carbocycles. The number of hydrogen-bond acceptors (Lipinski definition) is 6. The second kappa shape index (κ2) is 7.27. The number of aromatic nitrogens is 2. The Morgan fingerprint density at radius 3 is 2.74 bits per heavy atom. The van der Waals surface area contributed by atoms with Gasteiger partial charge in [0.1, 0.15) is 0 Å². The van der Waals surface area contributed by atoms with Crippen LogP contribution in [0.25, 0.3) is 0 Å². The first-order valence-electron chi connectivity index (χ1n) is 7.02. The maximum Gasteiger partial charge on any atom is 0.210 e. The maximum atomic E-state index is 8.80. The van der Waals surface area contributed by atoms with Gasteiger partial charge in [-0.2, -0.15) is 5.26 Å². The van der Waals surface area contributed by atoms with Gasteiger partial charge in [0.2, 0.25) is 5.13 Å². The van der Waals surface area contributed by atoms with Crippen molar-refractivity contribution in [1.82, 2.24) is 10.2 Å². The molecule has 0 fully saturated rings. The molecule has 114 valence electrons. The van der Waals surface area contributed by atoms with E-state index in [1.165, 1.54) is 16.9 Å². The molecule has 23 heavy (non-hydrogen) atoms. The van der Waals surface area contributed by atoms with Gasteiger partial charge in [-0.25, -0.2) is 0 Å². The quantitative estimate of drug-likeness (QED) is 0.680. The summed E-state index contributed by atoms with van der Waals surface area (Å²) in [7, 11) is 0. The monoisotopic (exact) mass is 338 g/mol. The molecule has 3 rings (SSSR count). The normalized spacial score (nSPS) is 10.3. The van der Waals surface area contributed by atoms with E-state index in [4.69, 9.17) is 5.26 Å². The predicted molar refractivity (Wildman–Crippen MR) is 95.1 cm³/mol. The van der Waals surface area contributed by atoms with Crippen molar-refractivity contribution in [2.45, 2.75) is 17.0 Å². The first-order valence-corrected chi connectivity index (χ1v) is 8.82. The average molecular weight is 338 g/mol. The fourth-order valence-corrected chi connectivity index (χ4v) is 3.71. The summed E-state index contributed by atoms with van der Waals surface area (Å²) in [5, 5.41) is 21.2. The molecule has 0 bridgehead atoms. The molecule has 0 unspecified atom stereocenters. The average Bonchev–Trinajstić information content (AvgIpc) is 3.01. The summed E-state index contributed by atoms with van der Waals surface area (Å²) in [5.41, 5.74) is 4.07. The van der Waals surface area contributed by atoms with Crippen molar-refractivity contribution in [3.05, 3.63) is 65.2 Å². The summed E-state index contributed by atoms with van der Waals surface area (Å²) < 4.78 is 0.921. The Labute approximate surface area is 143 Å². The van der Waals surface area contributed by atoms with Crippen LogP contribution in [-0.2, 0) is 5.75 Å². The first kappa shape index (κ1) is 15.5. The molecule has 0 spiro atoms. The molecule has 0 amide bonds. The Balaban J connectivity index is 1.59. The van der Waals surface area contributed by atoms with Crippen LogP contribution in [0.3, 0.4) is 0 Å². The molecule has 3 aromatic rings. The number of thioether (sulfide) groups is 1. The van der Waals surface area contributed by atoms with E-state index in [0.29, 0.717) is 5.56 Å². The zero-order valence-electron chi connectivity index (χ0n) is 12.5. The lowest BCUT2D eigenvalue weighted by Crippen LogP contribution is -1.89. The zero-order chi connectivity index (χ0) is 16.1. The highest BCUT2D eigenvalue weighted by Gasteiger charge is 2.06. The van der Waals surface area contributed by atoms with Gasteiger partial charge in [-0.15, -0.1) is 10.2 Å². The molecule has 0 saturated carbocycles. The van der Waals surface area contributed by atoms with Crippen LogP contribution in [0.15, 0.2) is 52.9 Å². The summed E-state index contributed by atoms with van der Waals surface area (Å²) in [5.74, 6) is 0.810. The SMILES string of the molecule is Cc1cccc(Nc2nnc(SCc3ccc(C#N)cc3)s2)c1. The molecular weight excluding hydrogens is 324 g/mol. The van der Waals surface area contributed by atoms with Gasteiger partial charge < -0.3 is 5.32 Å². The number of aryl methyl sites for hydroxylation is 1. The number of benzene rings is 2. The van der Waals surface area contributed by atoms with Gasteiger partial charge in [0.25, 0.3) is 0 Å². The lowest BCUT2D eigenvalue weighted by atomic mass is 10.2. The largest absolute Gasteiger partial charge is 0.330 e. The molecular formula is C17H14N4S2. The Kier molecular flexibility index (Phi) is 4.91. The van der Waals surface area contributed by atoms with Gasteiger partial charge in [-0.05, 0) is 42.3 Å². The van der Waals surface area contributed by atoms with Gasteiger partial charge in [0.05, 0.1) is 11.6 Å². The van der Waals surface area contributed by atoms with E-state index in [-0.39, 0.29) is 0 Å². The second-order valence-corrected chi connectivity index (χ2v) is 7.16. The summed E-state index contributed by atoms with van der Waals surface area (Å²) >= 11 is 3.18. The molecule has 0 aliphatic rings. The van der Waals surface area contributed by atoms with Crippen LogP contribution in [0, 0.1) is 18.3 Å². The maximum absolute atomic E-state index is 8.80. The van der Waals surface area contributed by atoms with Gasteiger partial charge in [0, 0.05) is 11.4 Å². The van der Waals surface area contributed by atoms with Crippen LogP contribution in [0.5, 0.6) is 0 Å². The lowest BCUT2D eigenvalue weighted by molar-refractivity contribution is 1.01. The molecule has 1 N–H and O–H groups in total. The Bertz CT molecular complexity index is 834. The van der Waals surface area contributed by atoms with Crippen molar-refractivity contribution in [2.75, 3.05) is 5.32 Å². The van der Waals surface area contributed by atoms with E-state index in [0.717, 1.165) is 26.5 Å². The number of nitriles is 1. The van der Waals surface area contributed by atoms with E-state index >= 15 is 0 Å². The predicted octanol–water partition coefficient (Wildman–Crippen LogP) is 4.75. The third kappa shape index (κ3) is 4.31. The molecule has 1 aromatic heterocycles. The van der Waals surface area contributed by atoms with Crippen molar-refractivity contribution in [3.8, 4) is 6.07 Å². The van der Waals surface area contributed by atoms with Crippen LogP contribution in [0.1, 0.15) is 16.7 Å². The van der Waals surface area contributed by atoms with Crippen LogP contribution in [0.4, 0.5) is 10.8 Å². The minimum absolute atomic E-state index is 0.680. The highest BCUT2D eigenvalue weighted by atomic mass is 32.2. The van der Waals surface area contributed by atoms with E-state index in [1.54, 1.807) is 11.8 Å². The van der Waals surface area contributed by atoms with Gasteiger partial charge in [-0.3, -0.25) is 0 Å². The topological polar surface area (TPSA) is 61.6 Å². The highest BCUT2D eigenvalue weighted by Crippen LogP contribution is 2.30. The standard InChI is InChI=1S/C17H14N4S2/c1-12-3-2-4-15(9-12)19-16-20-21-17(23-16)22-11-14-7-5-13(10-18)6-8-14/h2-9H,11H2,1H3,(H,19,20). The van der Waals surface area contributed by atoms with E-state index in [2.05, 4.69) is 40.6 Å². The number of rotatable bonds is 5. The fraction of sp³-hybridized carbons (Fsp3) is 0.118. The van der Waals surface area contributed by atoms with E-state index in [9.17, 15) is 0 Å². The van der Waals surface area contributed by atoms with Gasteiger partial charge >= 0.3 is 0 Å². The Hall–Kier alpha value is -2.36. The summed E-state index contributed by atoms with van der Waals surface area (Å²) in [6.07, 6.45) is 0. The number of hydrogen-bond donors (Lipinski definition) is 1. The molecule has 6 heteroatoms. The van der Waals surface area contributed by atoms with Crippen molar-refractivity contribution in [3.63, 3.8) is 0 Å². The van der Waals surface area contributed by atoms with Crippen LogP contribution >= 0.6 is 23.1 Å². The molecule has 0 aliphatic heterocycles. The van der Waals surface area contributed by atoms with E-state index < -0.39 is 0 Å². The first-order chi connectivity index (χ1) is 11.2. The fourth-order valence-electron chi connectivity index (χ4n) is 1.99. The molecule has 4 nitrogen and oxygen atoms in total. The van der Waals surface area contributed by atoms with Crippen LogP contribution in [0.2, 0.25) is 0 Å². The lowest BCUT2D eigenvalue weighted by Gasteiger charge is -2.02. The Morgan fingerprint density at radius 1 is 1.17 bits per heavy atom. The minimum atomic E-state index is 0.680.